The summed E-state index contributed by atoms with van der Waals surface area (Å²) in [6.45, 7) is 0. The van der Waals surface area contributed by atoms with Gasteiger partial charge in [-0.05, 0) is 54.7 Å². The highest BCUT2D eigenvalue weighted by Gasteiger charge is 2.49. The van der Waals surface area contributed by atoms with E-state index < -0.39 is 55.8 Å². The molecule has 2 aliphatic rings. The van der Waals surface area contributed by atoms with Crippen molar-refractivity contribution in [3.8, 4) is 17.0 Å². The van der Waals surface area contributed by atoms with Crippen molar-refractivity contribution in [3.63, 3.8) is 0 Å². The number of halogens is 4. The zero-order valence-corrected chi connectivity index (χ0v) is 23.4. The van der Waals surface area contributed by atoms with E-state index in [-0.39, 0.29) is 45.7 Å². The molecule has 0 aliphatic heterocycles. The number of carboxylic acids is 1. The van der Waals surface area contributed by atoms with Crippen molar-refractivity contribution in [2.75, 3.05) is 12.4 Å². The summed E-state index contributed by atoms with van der Waals surface area (Å²) in [5.74, 6) is -5.12. The number of alkyl halides is 3. The molecule has 3 aromatic rings. The first-order valence-electron chi connectivity index (χ1n) is 13.0. The number of methoxy groups -OCH3 is 1. The van der Waals surface area contributed by atoms with Crippen LogP contribution in [0.25, 0.3) is 11.3 Å². The van der Waals surface area contributed by atoms with E-state index in [0.717, 1.165) is 30.3 Å². The molecule has 15 heteroatoms. The fourth-order valence-electron chi connectivity index (χ4n) is 5.51. The van der Waals surface area contributed by atoms with Crippen LogP contribution in [0.15, 0.2) is 71.8 Å². The van der Waals surface area contributed by atoms with Crippen molar-refractivity contribution in [3.05, 3.63) is 83.8 Å². The number of rotatable bonds is 8. The number of carbonyl (C=O) groups excluding carboxylic acids is 2. The van der Waals surface area contributed by atoms with Gasteiger partial charge in [-0.1, -0.05) is 18.2 Å². The van der Waals surface area contributed by atoms with Crippen LogP contribution in [0.3, 0.4) is 0 Å². The van der Waals surface area contributed by atoms with E-state index >= 15 is 4.39 Å². The maximum Gasteiger partial charge on any atom is 0.501 e. The van der Waals surface area contributed by atoms with Gasteiger partial charge in [0.25, 0.3) is 15.7 Å². The van der Waals surface area contributed by atoms with Gasteiger partial charge in [0.05, 0.1) is 34.7 Å². The average molecular weight is 634 g/mol. The molecule has 0 radical (unpaired) electrons. The SMILES string of the molecule is COc1cc(F)c(-c2cc(C(=O)O)ccn2)cc1C(=O)N[C@@H]1[C@H](C(=O)Nc2cccc(S(=O)(=O)C(F)(F)F)c2)[C@H]2C=C[C@@H]1C2. The van der Waals surface area contributed by atoms with Gasteiger partial charge in [-0.2, -0.15) is 13.2 Å². The van der Waals surface area contributed by atoms with Gasteiger partial charge in [-0.25, -0.2) is 17.6 Å². The second kappa shape index (κ2) is 11.4. The number of ether oxygens (including phenoxy) is 1. The third kappa shape index (κ3) is 5.62. The molecule has 4 atom stereocenters. The number of aromatic nitrogens is 1. The summed E-state index contributed by atoms with van der Waals surface area (Å²) in [6.07, 6.45) is 5.29. The quantitative estimate of drug-likeness (QED) is 0.243. The van der Waals surface area contributed by atoms with E-state index in [1.54, 1.807) is 6.08 Å². The van der Waals surface area contributed by atoms with Crippen molar-refractivity contribution in [2.24, 2.45) is 17.8 Å². The standard InChI is InChI=1S/C29H23F4N3O7S/c1-43-23-13-21(30)19(22-10-16(28(39)40)7-8-34-22)12-20(23)26(37)36-25-15-6-5-14(9-15)24(25)27(38)35-17-3-2-4-18(11-17)44(41,42)29(31,32)33/h2-8,10-15,24-25H,9H2,1H3,(H,35,38)(H,36,37)(H,39,40)/t14-,15+,24+,25-/m0/s1. The number of fused-ring (bicyclic) bond motifs is 2. The first-order valence-corrected chi connectivity index (χ1v) is 14.5. The lowest BCUT2D eigenvalue weighted by atomic mass is 9.87. The molecule has 230 valence electrons. The zero-order chi connectivity index (χ0) is 32.0. The maximum atomic E-state index is 15.0. The lowest BCUT2D eigenvalue weighted by Crippen LogP contribution is -2.47. The molecule has 2 amide bonds. The molecule has 0 unspecified atom stereocenters. The highest BCUT2D eigenvalue weighted by atomic mass is 32.2. The van der Waals surface area contributed by atoms with Gasteiger partial charge in [-0.15, -0.1) is 0 Å². The molecule has 0 spiro atoms. The smallest absolute Gasteiger partial charge is 0.496 e. The highest BCUT2D eigenvalue weighted by Crippen LogP contribution is 2.45. The maximum absolute atomic E-state index is 15.0. The number of carbonyl (C=O) groups is 3. The Bertz CT molecular complexity index is 1810. The minimum atomic E-state index is -5.65. The Kier molecular flexibility index (Phi) is 7.92. The molecule has 2 bridgehead atoms. The van der Waals surface area contributed by atoms with Gasteiger partial charge in [0, 0.05) is 29.6 Å². The lowest BCUT2D eigenvalue weighted by Gasteiger charge is -2.28. The van der Waals surface area contributed by atoms with E-state index in [1.165, 1.54) is 25.4 Å². The van der Waals surface area contributed by atoms with Gasteiger partial charge in [0.2, 0.25) is 5.91 Å². The summed E-state index contributed by atoms with van der Waals surface area (Å²) in [6, 6.07) is 7.45. The Balaban J connectivity index is 1.41. The molecular formula is C29H23F4N3O7S. The van der Waals surface area contributed by atoms with Gasteiger partial charge in [0.15, 0.2) is 0 Å². The van der Waals surface area contributed by atoms with E-state index in [9.17, 15) is 41.1 Å². The topological polar surface area (TPSA) is 152 Å². The van der Waals surface area contributed by atoms with Crippen LogP contribution in [0.4, 0.5) is 23.2 Å². The number of amides is 2. The number of hydrogen-bond donors (Lipinski definition) is 3. The van der Waals surface area contributed by atoms with Crippen molar-refractivity contribution in [1.29, 1.82) is 0 Å². The van der Waals surface area contributed by atoms with Crippen LogP contribution in [0, 0.1) is 23.6 Å². The second-order valence-electron chi connectivity index (χ2n) is 10.2. The molecule has 2 aliphatic carbocycles. The molecule has 1 saturated carbocycles. The fourth-order valence-corrected chi connectivity index (χ4v) is 6.32. The van der Waals surface area contributed by atoms with E-state index in [0.29, 0.717) is 12.5 Å². The van der Waals surface area contributed by atoms with Crippen molar-refractivity contribution in [2.45, 2.75) is 22.9 Å². The van der Waals surface area contributed by atoms with Gasteiger partial charge in [0.1, 0.15) is 11.6 Å². The van der Waals surface area contributed by atoms with Gasteiger partial charge in [-0.3, -0.25) is 14.6 Å². The van der Waals surface area contributed by atoms with Crippen molar-refractivity contribution < 1.29 is 50.2 Å². The summed E-state index contributed by atoms with van der Waals surface area (Å²) < 4.78 is 83.0. The lowest BCUT2D eigenvalue weighted by molar-refractivity contribution is -0.121. The molecule has 1 fully saturated rings. The Morgan fingerprint density at radius 3 is 2.45 bits per heavy atom. The molecule has 10 nitrogen and oxygen atoms in total. The number of hydrogen-bond acceptors (Lipinski definition) is 7. The van der Waals surface area contributed by atoms with Crippen LogP contribution in [0.1, 0.15) is 27.1 Å². The third-order valence-electron chi connectivity index (χ3n) is 7.59. The molecule has 1 heterocycles. The summed E-state index contributed by atoms with van der Waals surface area (Å²) in [5.41, 5.74) is -6.21. The zero-order valence-electron chi connectivity index (χ0n) is 22.6. The van der Waals surface area contributed by atoms with Crippen LogP contribution in [-0.2, 0) is 14.6 Å². The molecule has 2 aromatic carbocycles. The predicted molar refractivity (Wildman–Crippen MR) is 147 cm³/mol. The summed E-state index contributed by atoms with van der Waals surface area (Å²) in [4.78, 5) is 41.3. The average Bonchev–Trinajstić information content (AvgIpc) is 3.58. The van der Waals surface area contributed by atoms with Crippen molar-refractivity contribution in [1.82, 2.24) is 10.3 Å². The first-order chi connectivity index (χ1) is 20.7. The Morgan fingerprint density at radius 2 is 1.77 bits per heavy atom. The number of carboxylic acid groups (broad SMARTS) is 1. The number of anilines is 1. The van der Waals surface area contributed by atoms with E-state index in [1.807, 2.05) is 6.08 Å². The minimum absolute atomic E-state index is 0.0472. The molecule has 5 rings (SSSR count). The van der Waals surface area contributed by atoms with Crippen LogP contribution in [-0.4, -0.2) is 55.0 Å². The molecule has 0 saturated heterocycles. The normalized spacial score (nSPS) is 20.8. The first kappa shape index (κ1) is 30.7. The van der Waals surface area contributed by atoms with Gasteiger partial charge < -0.3 is 20.5 Å². The van der Waals surface area contributed by atoms with Crippen LogP contribution >= 0.6 is 0 Å². The summed E-state index contributed by atoms with van der Waals surface area (Å²) >= 11 is 0. The van der Waals surface area contributed by atoms with Gasteiger partial charge >= 0.3 is 11.5 Å². The molecule has 3 N–H and O–H groups in total. The molecular weight excluding hydrogens is 610 g/mol. The monoisotopic (exact) mass is 633 g/mol. The van der Waals surface area contributed by atoms with Crippen LogP contribution in [0.2, 0.25) is 0 Å². The summed E-state index contributed by atoms with van der Waals surface area (Å²) in [7, 11) is -4.43. The second-order valence-corrected chi connectivity index (χ2v) is 12.1. The largest absolute Gasteiger partial charge is 0.501 e. The number of benzene rings is 2. The number of aromatic carboxylic acids is 1. The van der Waals surface area contributed by atoms with Crippen LogP contribution in [0.5, 0.6) is 5.75 Å². The number of nitrogens with one attached hydrogen (secondary N) is 2. The Morgan fingerprint density at radius 1 is 1.05 bits per heavy atom. The third-order valence-corrected chi connectivity index (χ3v) is 9.08. The molecule has 1 aromatic heterocycles. The number of nitrogens with zero attached hydrogens (tertiary/aromatic N) is 1. The predicted octanol–water partition coefficient (Wildman–Crippen LogP) is 4.45. The van der Waals surface area contributed by atoms with Crippen LogP contribution < -0.4 is 15.4 Å². The van der Waals surface area contributed by atoms with E-state index in [2.05, 4.69) is 15.6 Å². The highest BCUT2D eigenvalue weighted by molar-refractivity contribution is 7.92. The number of pyridine rings is 1. The number of sulfone groups is 1. The fraction of sp³-hybridized carbons (Fsp3) is 0.241. The van der Waals surface area contributed by atoms with Crippen molar-refractivity contribution >= 4 is 33.3 Å². The minimum Gasteiger partial charge on any atom is -0.496 e. The Labute approximate surface area is 247 Å². The number of allylic oxidation sites excluding steroid dienone is 1. The van der Waals surface area contributed by atoms with E-state index in [4.69, 9.17) is 4.74 Å². The molecule has 44 heavy (non-hydrogen) atoms. The Hall–Kier alpha value is -4.79. The summed E-state index contributed by atoms with van der Waals surface area (Å²) in [5, 5.41) is 14.5.